The van der Waals surface area contributed by atoms with E-state index < -0.39 is 10.0 Å². The van der Waals surface area contributed by atoms with Gasteiger partial charge in [0.05, 0.1) is 17.5 Å². The van der Waals surface area contributed by atoms with E-state index in [1.54, 1.807) is 11.2 Å². The van der Waals surface area contributed by atoms with E-state index in [0.29, 0.717) is 19.6 Å². The molecule has 0 amide bonds. The summed E-state index contributed by atoms with van der Waals surface area (Å²) in [6, 6.07) is 0. The van der Waals surface area contributed by atoms with Crippen LogP contribution >= 0.6 is 0 Å². The molecule has 1 heterocycles. The van der Waals surface area contributed by atoms with Gasteiger partial charge in [0.15, 0.2) is 0 Å². The molecular weight excluding hydrogens is 252 g/mol. The van der Waals surface area contributed by atoms with Crippen molar-refractivity contribution in [2.24, 2.45) is 0 Å². The Morgan fingerprint density at radius 3 is 2.39 bits per heavy atom. The van der Waals surface area contributed by atoms with E-state index in [2.05, 4.69) is 12.2 Å². The number of ether oxygens (including phenoxy) is 1. The fourth-order valence-electron chi connectivity index (χ4n) is 2.18. The average molecular weight is 278 g/mol. The zero-order chi connectivity index (χ0) is 13.8. The molecule has 0 aliphatic carbocycles. The van der Waals surface area contributed by atoms with Crippen molar-refractivity contribution in [3.63, 3.8) is 0 Å². The molecule has 108 valence electrons. The summed E-state index contributed by atoms with van der Waals surface area (Å²) in [5, 5.41) is 2.78. The SMILES string of the molecule is CCCNCC(C)S(=O)(=O)N1CC(C)OC(C)C1. The molecule has 1 saturated heterocycles. The molecule has 1 aliphatic heterocycles. The molecular formula is C12H26N2O3S. The van der Waals surface area contributed by atoms with Crippen LogP contribution in [0.3, 0.4) is 0 Å². The predicted molar refractivity (Wildman–Crippen MR) is 73.1 cm³/mol. The van der Waals surface area contributed by atoms with Crippen molar-refractivity contribution in [3.05, 3.63) is 0 Å². The average Bonchev–Trinajstić information content (AvgIpc) is 2.27. The van der Waals surface area contributed by atoms with Gasteiger partial charge in [0, 0.05) is 19.6 Å². The van der Waals surface area contributed by atoms with Gasteiger partial charge in [-0.3, -0.25) is 0 Å². The van der Waals surface area contributed by atoms with Crippen molar-refractivity contribution in [3.8, 4) is 0 Å². The van der Waals surface area contributed by atoms with Crippen LogP contribution in [0, 0.1) is 0 Å². The van der Waals surface area contributed by atoms with Gasteiger partial charge in [-0.1, -0.05) is 6.92 Å². The monoisotopic (exact) mass is 278 g/mol. The largest absolute Gasteiger partial charge is 0.373 e. The Bertz CT molecular complexity index is 335. The summed E-state index contributed by atoms with van der Waals surface area (Å²) in [6.07, 6.45) is 0.955. The van der Waals surface area contributed by atoms with E-state index in [1.807, 2.05) is 13.8 Å². The van der Waals surface area contributed by atoms with Gasteiger partial charge < -0.3 is 10.1 Å². The standard InChI is InChI=1S/C12H26N2O3S/c1-5-6-13-7-12(4)18(15,16)14-8-10(2)17-11(3)9-14/h10-13H,5-9H2,1-4H3. The van der Waals surface area contributed by atoms with Crippen molar-refractivity contribution in [1.29, 1.82) is 0 Å². The Hall–Kier alpha value is -0.170. The molecule has 1 fully saturated rings. The van der Waals surface area contributed by atoms with E-state index in [-0.39, 0.29) is 17.5 Å². The molecule has 3 atom stereocenters. The highest BCUT2D eigenvalue weighted by molar-refractivity contribution is 7.89. The lowest BCUT2D eigenvalue weighted by atomic mass is 10.3. The third-order valence-corrected chi connectivity index (χ3v) is 5.31. The lowest BCUT2D eigenvalue weighted by molar-refractivity contribution is -0.0442. The van der Waals surface area contributed by atoms with Gasteiger partial charge in [0.2, 0.25) is 10.0 Å². The summed E-state index contributed by atoms with van der Waals surface area (Å²) in [4.78, 5) is 0. The predicted octanol–water partition coefficient (Wildman–Crippen LogP) is 0.814. The second-order valence-electron chi connectivity index (χ2n) is 5.13. The van der Waals surface area contributed by atoms with Crippen molar-refractivity contribution in [2.45, 2.75) is 51.6 Å². The second kappa shape index (κ2) is 6.84. The van der Waals surface area contributed by atoms with Gasteiger partial charge in [0.25, 0.3) is 0 Å². The molecule has 5 nitrogen and oxygen atoms in total. The lowest BCUT2D eigenvalue weighted by Gasteiger charge is -2.36. The van der Waals surface area contributed by atoms with Gasteiger partial charge in [-0.2, -0.15) is 4.31 Å². The van der Waals surface area contributed by atoms with Crippen LogP contribution in [0.25, 0.3) is 0 Å². The number of nitrogens with zero attached hydrogens (tertiary/aromatic N) is 1. The summed E-state index contributed by atoms with van der Waals surface area (Å²) in [7, 11) is -3.22. The third kappa shape index (κ3) is 4.19. The first-order valence-corrected chi connectivity index (χ1v) is 8.23. The van der Waals surface area contributed by atoms with Gasteiger partial charge >= 0.3 is 0 Å². The number of nitrogens with one attached hydrogen (secondary N) is 1. The van der Waals surface area contributed by atoms with E-state index >= 15 is 0 Å². The minimum absolute atomic E-state index is 0.0284. The second-order valence-corrected chi connectivity index (χ2v) is 7.49. The molecule has 0 radical (unpaired) electrons. The fourth-order valence-corrected chi connectivity index (χ4v) is 3.85. The van der Waals surface area contributed by atoms with Gasteiger partial charge in [-0.15, -0.1) is 0 Å². The highest BCUT2D eigenvalue weighted by Gasteiger charge is 2.34. The van der Waals surface area contributed by atoms with Gasteiger partial charge in [0.1, 0.15) is 0 Å². The van der Waals surface area contributed by atoms with Crippen LogP contribution in [-0.2, 0) is 14.8 Å². The van der Waals surface area contributed by atoms with E-state index in [0.717, 1.165) is 13.0 Å². The van der Waals surface area contributed by atoms with E-state index in [1.165, 1.54) is 0 Å². The first kappa shape index (κ1) is 15.9. The summed E-state index contributed by atoms with van der Waals surface area (Å²) < 4.78 is 31.9. The quantitative estimate of drug-likeness (QED) is 0.731. The van der Waals surface area contributed by atoms with E-state index in [4.69, 9.17) is 4.74 Å². The van der Waals surface area contributed by atoms with Gasteiger partial charge in [-0.05, 0) is 33.7 Å². The molecule has 0 saturated carbocycles. The maximum Gasteiger partial charge on any atom is 0.218 e. The topological polar surface area (TPSA) is 58.6 Å². The zero-order valence-electron chi connectivity index (χ0n) is 11.8. The number of hydrogen-bond acceptors (Lipinski definition) is 4. The smallest absolute Gasteiger partial charge is 0.218 e. The minimum atomic E-state index is -3.22. The maximum absolute atomic E-state index is 12.4. The Morgan fingerprint density at radius 2 is 1.89 bits per heavy atom. The number of sulfonamides is 1. The Balaban J connectivity index is 2.61. The first-order valence-electron chi connectivity index (χ1n) is 6.73. The maximum atomic E-state index is 12.4. The molecule has 1 N–H and O–H groups in total. The molecule has 0 aromatic carbocycles. The van der Waals surface area contributed by atoms with Crippen LogP contribution in [0.15, 0.2) is 0 Å². The summed E-state index contributed by atoms with van der Waals surface area (Å²) >= 11 is 0. The molecule has 1 aliphatic rings. The van der Waals surface area contributed by atoms with Crippen LogP contribution in [0.2, 0.25) is 0 Å². The molecule has 1 rings (SSSR count). The Kier molecular flexibility index (Phi) is 6.04. The summed E-state index contributed by atoms with van der Waals surface area (Å²) in [5.41, 5.74) is 0. The van der Waals surface area contributed by atoms with Crippen LogP contribution < -0.4 is 5.32 Å². The number of morpholine rings is 1. The van der Waals surface area contributed by atoms with Crippen LogP contribution in [-0.4, -0.2) is 56.4 Å². The van der Waals surface area contributed by atoms with Crippen LogP contribution in [0.4, 0.5) is 0 Å². The van der Waals surface area contributed by atoms with E-state index in [9.17, 15) is 8.42 Å². The molecule has 0 aromatic heterocycles. The molecule has 3 unspecified atom stereocenters. The number of rotatable bonds is 6. The van der Waals surface area contributed by atoms with Crippen molar-refractivity contribution in [1.82, 2.24) is 9.62 Å². The van der Waals surface area contributed by atoms with Crippen molar-refractivity contribution < 1.29 is 13.2 Å². The third-order valence-electron chi connectivity index (χ3n) is 3.11. The minimum Gasteiger partial charge on any atom is -0.373 e. The molecule has 6 heteroatoms. The molecule has 0 aromatic rings. The van der Waals surface area contributed by atoms with Crippen LogP contribution in [0.1, 0.15) is 34.1 Å². The first-order chi connectivity index (χ1) is 8.37. The Morgan fingerprint density at radius 1 is 1.33 bits per heavy atom. The molecule has 0 bridgehead atoms. The van der Waals surface area contributed by atoms with Crippen molar-refractivity contribution in [2.75, 3.05) is 26.2 Å². The highest BCUT2D eigenvalue weighted by Crippen LogP contribution is 2.17. The normalized spacial score (nSPS) is 28.2. The van der Waals surface area contributed by atoms with Crippen LogP contribution in [0.5, 0.6) is 0 Å². The highest BCUT2D eigenvalue weighted by atomic mass is 32.2. The molecule has 0 spiro atoms. The summed E-state index contributed by atoms with van der Waals surface area (Å²) in [5.74, 6) is 0. The fraction of sp³-hybridized carbons (Fsp3) is 1.00. The van der Waals surface area contributed by atoms with Crippen molar-refractivity contribution >= 4 is 10.0 Å². The lowest BCUT2D eigenvalue weighted by Crippen LogP contribution is -2.51. The molecule has 18 heavy (non-hydrogen) atoms. The number of hydrogen-bond donors (Lipinski definition) is 1. The Labute approximate surface area is 111 Å². The summed E-state index contributed by atoms with van der Waals surface area (Å²) in [6.45, 7) is 9.96. The zero-order valence-corrected chi connectivity index (χ0v) is 12.7. The van der Waals surface area contributed by atoms with Gasteiger partial charge in [-0.25, -0.2) is 8.42 Å².